The van der Waals surface area contributed by atoms with E-state index >= 15 is 0 Å². The van der Waals surface area contributed by atoms with Crippen molar-refractivity contribution in [1.29, 1.82) is 0 Å². The first-order valence-corrected chi connectivity index (χ1v) is 11.9. The van der Waals surface area contributed by atoms with Crippen molar-refractivity contribution < 1.29 is 37.0 Å². The highest BCUT2D eigenvalue weighted by molar-refractivity contribution is 6.13. The number of carboxylic acids is 1. The number of fused-ring (bicyclic) bond motifs is 2. The fourth-order valence-electron chi connectivity index (χ4n) is 4.27. The fraction of sp³-hybridized carbons (Fsp3) is 0.320. The summed E-state index contributed by atoms with van der Waals surface area (Å²) in [6, 6.07) is 5.26. The van der Waals surface area contributed by atoms with Crippen LogP contribution in [0.15, 0.2) is 36.8 Å². The molecule has 1 aliphatic rings. The van der Waals surface area contributed by atoms with Gasteiger partial charge in [0.1, 0.15) is 11.0 Å². The fourth-order valence-corrected chi connectivity index (χ4v) is 4.27. The second kappa shape index (κ2) is 11.3. The van der Waals surface area contributed by atoms with Gasteiger partial charge in [0.05, 0.1) is 35.9 Å². The van der Waals surface area contributed by atoms with Gasteiger partial charge in [0, 0.05) is 37.6 Å². The van der Waals surface area contributed by atoms with Crippen molar-refractivity contribution in [3.05, 3.63) is 53.9 Å². The van der Waals surface area contributed by atoms with E-state index in [9.17, 15) is 22.4 Å². The van der Waals surface area contributed by atoms with Crippen LogP contribution in [0.3, 0.4) is 0 Å². The zero-order chi connectivity index (χ0) is 29.2. The number of carbonyl (C=O) groups is 2. The van der Waals surface area contributed by atoms with Gasteiger partial charge in [0.25, 0.3) is 5.91 Å². The molecule has 0 radical (unpaired) electrons. The van der Waals surface area contributed by atoms with Crippen molar-refractivity contribution in [1.82, 2.24) is 24.7 Å². The van der Waals surface area contributed by atoms with Crippen molar-refractivity contribution in [2.45, 2.75) is 25.6 Å². The van der Waals surface area contributed by atoms with Crippen LogP contribution in [-0.2, 0) is 4.79 Å². The lowest BCUT2D eigenvalue weighted by molar-refractivity contribution is -0.192. The standard InChI is InChI=1S/C23H24FN7O2.C2HF3O2/c1-13-10-31-12-15(8-17(24)22(31)27-13)28-23(32)16-4-5-18(30-7-6-14(11-30)25-2)21-20(16)26-9-19(29-21)33-3;3-2(4,5)1(6)7/h4-5,8-10,12,14,25H,6-7,11H2,1-3H3,(H,28,32);(H,6,7)/t14-;/m1./s1. The number of anilines is 2. The maximum absolute atomic E-state index is 14.5. The van der Waals surface area contributed by atoms with Gasteiger partial charge in [-0.05, 0) is 32.5 Å². The first kappa shape index (κ1) is 28.5. The summed E-state index contributed by atoms with van der Waals surface area (Å²) in [5.41, 5.74) is 3.50. The van der Waals surface area contributed by atoms with Gasteiger partial charge >= 0.3 is 12.1 Å². The topological polar surface area (TPSA) is 134 Å². The number of imidazole rings is 1. The Kier molecular flexibility index (Phi) is 8.04. The predicted octanol–water partition coefficient (Wildman–Crippen LogP) is 3.42. The Morgan fingerprint density at radius 3 is 2.52 bits per heavy atom. The number of rotatable bonds is 5. The Bertz CT molecular complexity index is 1570. The van der Waals surface area contributed by atoms with E-state index < -0.39 is 23.9 Å². The number of aliphatic carboxylic acids is 1. The van der Waals surface area contributed by atoms with Crippen LogP contribution in [0.25, 0.3) is 16.7 Å². The summed E-state index contributed by atoms with van der Waals surface area (Å²) in [7, 11) is 3.48. The molecule has 0 spiro atoms. The van der Waals surface area contributed by atoms with Crippen LogP contribution in [0.2, 0.25) is 0 Å². The van der Waals surface area contributed by atoms with E-state index in [2.05, 4.69) is 30.5 Å². The highest BCUT2D eigenvalue weighted by Crippen LogP contribution is 2.31. The van der Waals surface area contributed by atoms with Crippen molar-refractivity contribution in [3.63, 3.8) is 0 Å². The summed E-state index contributed by atoms with van der Waals surface area (Å²) in [6.45, 7) is 3.48. The molecule has 4 heterocycles. The van der Waals surface area contributed by atoms with Crippen molar-refractivity contribution in [3.8, 4) is 5.88 Å². The van der Waals surface area contributed by atoms with Crippen molar-refractivity contribution in [2.75, 3.05) is 37.5 Å². The third kappa shape index (κ3) is 6.03. The normalized spacial score (nSPS) is 15.2. The second-order valence-electron chi connectivity index (χ2n) is 8.91. The molecule has 40 heavy (non-hydrogen) atoms. The van der Waals surface area contributed by atoms with E-state index in [4.69, 9.17) is 14.6 Å². The lowest BCUT2D eigenvalue weighted by atomic mass is 10.1. The molecule has 212 valence electrons. The van der Waals surface area contributed by atoms with Gasteiger partial charge in [-0.1, -0.05) is 0 Å². The van der Waals surface area contributed by atoms with Crippen molar-refractivity contribution in [2.24, 2.45) is 0 Å². The molecule has 15 heteroatoms. The number of hydrogen-bond acceptors (Lipinski definition) is 8. The lowest BCUT2D eigenvalue weighted by Crippen LogP contribution is -2.29. The van der Waals surface area contributed by atoms with E-state index in [1.807, 2.05) is 13.1 Å². The molecule has 3 aromatic heterocycles. The van der Waals surface area contributed by atoms with Gasteiger partial charge in [-0.25, -0.2) is 24.1 Å². The molecule has 1 aromatic carbocycles. The highest BCUT2D eigenvalue weighted by atomic mass is 19.4. The number of likely N-dealkylation sites (N-methyl/N-ethyl adjacent to an activating group) is 1. The summed E-state index contributed by atoms with van der Waals surface area (Å²) in [5, 5.41) is 13.2. The molecule has 0 bridgehead atoms. The predicted molar refractivity (Wildman–Crippen MR) is 137 cm³/mol. The van der Waals surface area contributed by atoms with E-state index in [0.29, 0.717) is 39.9 Å². The van der Waals surface area contributed by atoms with E-state index in [0.717, 1.165) is 25.2 Å². The van der Waals surface area contributed by atoms with Gasteiger partial charge < -0.3 is 29.8 Å². The molecule has 11 nitrogen and oxygen atoms in total. The average Bonchev–Trinajstić information content (AvgIpc) is 3.53. The average molecular weight is 564 g/mol. The lowest BCUT2D eigenvalue weighted by Gasteiger charge is -2.21. The number of halogens is 4. The van der Waals surface area contributed by atoms with Crippen LogP contribution in [0.1, 0.15) is 22.5 Å². The summed E-state index contributed by atoms with van der Waals surface area (Å²) in [6.07, 6.45) is 0.747. The zero-order valence-electron chi connectivity index (χ0n) is 21.6. The first-order valence-electron chi connectivity index (χ1n) is 11.9. The van der Waals surface area contributed by atoms with Crippen LogP contribution >= 0.6 is 0 Å². The number of carboxylic acid groups (broad SMARTS) is 1. The number of amides is 1. The Morgan fingerprint density at radius 2 is 1.90 bits per heavy atom. The highest BCUT2D eigenvalue weighted by Gasteiger charge is 2.38. The Morgan fingerprint density at radius 1 is 1.18 bits per heavy atom. The molecular weight excluding hydrogens is 538 g/mol. The van der Waals surface area contributed by atoms with Crippen LogP contribution in [-0.4, -0.2) is 75.8 Å². The smallest absolute Gasteiger partial charge is 0.480 e. The van der Waals surface area contributed by atoms with E-state index in [1.54, 1.807) is 29.8 Å². The zero-order valence-corrected chi connectivity index (χ0v) is 21.6. The quantitative estimate of drug-likeness (QED) is 0.312. The van der Waals surface area contributed by atoms with Crippen LogP contribution in [0.4, 0.5) is 28.9 Å². The Labute approximate surface area is 224 Å². The number of benzene rings is 1. The maximum atomic E-state index is 14.5. The third-order valence-corrected chi connectivity index (χ3v) is 6.17. The maximum Gasteiger partial charge on any atom is 0.490 e. The molecule has 4 aromatic rings. The number of methoxy groups -OCH3 is 1. The van der Waals surface area contributed by atoms with Crippen LogP contribution in [0.5, 0.6) is 5.88 Å². The van der Waals surface area contributed by atoms with Crippen molar-refractivity contribution >= 4 is 39.9 Å². The molecule has 1 fully saturated rings. The number of hydrogen-bond donors (Lipinski definition) is 3. The molecule has 1 amide bonds. The monoisotopic (exact) mass is 563 g/mol. The summed E-state index contributed by atoms with van der Waals surface area (Å²) in [4.78, 5) is 37.5. The van der Waals surface area contributed by atoms with E-state index in [-0.39, 0.29) is 5.65 Å². The SMILES string of the molecule is CN[C@@H]1CCN(c2ccc(C(=O)Nc3cc(F)c4nc(C)cn4c3)c3ncc(OC)nc23)C1.O=C(O)C(F)(F)F. The summed E-state index contributed by atoms with van der Waals surface area (Å²) < 4.78 is 53.0. The Hall–Kier alpha value is -4.53. The number of carbonyl (C=O) groups excluding carboxylic acids is 1. The molecule has 0 saturated carbocycles. The minimum atomic E-state index is -5.08. The molecule has 0 unspecified atom stereocenters. The number of ether oxygens (including phenoxy) is 1. The number of nitrogens with zero attached hydrogens (tertiary/aromatic N) is 5. The van der Waals surface area contributed by atoms with Gasteiger partial charge in [-0.15, -0.1) is 0 Å². The number of aryl methyl sites for hydroxylation is 1. The number of aromatic nitrogens is 4. The minimum absolute atomic E-state index is 0.212. The number of pyridine rings is 1. The van der Waals surface area contributed by atoms with Crippen LogP contribution < -0.4 is 20.3 Å². The van der Waals surface area contributed by atoms with Gasteiger partial charge in [-0.3, -0.25) is 4.79 Å². The molecule has 1 atom stereocenters. The van der Waals surface area contributed by atoms with E-state index in [1.165, 1.54) is 19.4 Å². The number of alkyl halides is 3. The van der Waals surface area contributed by atoms with Gasteiger partial charge in [-0.2, -0.15) is 13.2 Å². The molecular formula is C25H25F4N7O4. The molecule has 0 aliphatic carbocycles. The first-order chi connectivity index (χ1) is 18.9. The second-order valence-corrected chi connectivity index (χ2v) is 8.91. The molecule has 5 rings (SSSR count). The molecule has 3 N–H and O–H groups in total. The largest absolute Gasteiger partial charge is 0.490 e. The van der Waals surface area contributed by atoms with Crippen LogP contribution in [0, 0.1) is 12.7 Å². The third-order valence-electron chi connectivity index (χ3n) is 6.17. The summed E-state index contributed by atoms with van der Waals surface area (Å²) >= 11 is 0. The Balaban J connectivity index is 0.000000470. The number of nitrogens with one attached hydrogen (secondary N) is 2. The van der Waals surface area contributed by atoms with Gasteiger partial charge in [0.2, 0.25) is 5.88 Å². The summed E-state index contributed by atoms with van der Waals surface area (Å²) in [5.74, 6) is -3.31. The molecule has 1 aliphatic heterocycles. The minimum Gasteiger partial charge on any atom is -0.480 e. The molecule has 1 saturated heterocycles. The van der Waals surface area contributed by atoms with Gasteiger partial charge in [0.15, 0.2) is 11.5 Å².